The van der Waals surface area contributed by atoms with Crippen LogP contribution in [0.5, 0.6) is 0 Å². The van der Waals surface area contributed by atoms with E-state index in [9.17, 15) is 4.79 Å². The summed E-state index contributed by atoms with van der Waals surface area (Å²) >= 11 is 1.12. The molecule has 0 radical (unpaired) electrons. The van der Waals surface area contributed by atoms with E-state index in [-0.39, 0.29) is 0 Å². The number of hydrogen-bond acceptors (Lipinski definition) is 3. The average molecular weight is 199 g/mol. The fourth-order valence-electron chi connectivity index (χ4n) is 0.767. The van der Waals surface area contributed by atoms with E-state index in [1.807, 2.05) is 13.0 Å². The summed E-state index contributed by atoms with van der Waals surface area (Å²) in [4.78, 5) is 11.1. The van der Waals surface area contributed by atoms with Crippen molar-refractivity contribution in [3.8, 4) is 6.07 Å². The van der Waals surface area contributed by atoms with E-state index >= 15 is 0 Å². The first kappa shape index (κ1) is 12.0. The van der Waals surface area contributed by atoms with Crippen LogP contribution in [0.4, 0.5) is 0 Å². The van der Waals surface area contributed by atoms with Crippen LogP contribution in [0, 0.1) is 11.3 Å². The molecule has 0 spiro atoms. The van der Waals surface area contributed by atoms with E-state index in [0.29, 0.717) is 11.3 Å². The van der Waals surface area contributed by atoms with Crippen LogP contribution in [0.1, 0.15) is 26.7 Å². The quantitative estimate of drug-likeness (QED) is 0.691. The zero-order chi connectivity index (χ0) is 10.3. The van der Waals surface area contributed by atoms with E-state index in [2.05, 4.69) is 0 Å². The van der Waals surface area contributed by atoms with Crippen LogP contribution >= 0.6 is 11.8 Å². The summed E-state index contributed by atoms with van der Waals surface area (Å²) in [7, 11) is 0. The predicted molar refractivity (Wildman–Crippen MR) is 53.3 cm³/mol. The summed E-state index contributed by atoms with van der Waals surface area (Å²) in [6, 6.07) is 1.98. The van der Waals surface area contributed by atoms with E-state index in [1.165, 1.54) is 0 Å². The van der Waals surface area contributed by atoms with Crippen LogP contribution in [0.2, 0.25) is 0 Å². The number of aliphatic carboxylic acids is 1. The van der Waals surface area contributed by atoms with Gasteiger partial charge in [-0.3, -0.25) is 4.79 Å². The molecule has 1 atom stereocenters. The second-order valence-corrected chi connectivity index (χ2v) is 3.69. The van der Waals surface area contributed by atoms with Crippen LogP contribution in [0.15, 0.2) is 11.0 Å². The van der Waals surface area contributed by atoms with E-state index in [0.717, 1.165) is 18.2 Å². The second-order valence-electron chi connectivity index (χ2n) is 2.44. The largest absolute Gasteiger partial charge is 0.480 e. The topological polar surface area (TPSA) is 61.1 Å². The molecule has 1 unspecified atom stereocenters. The molecule has 0 amide bonds. The Labute approximate surface area is 82.4 Å². The molecule has 0 aromatic carbocycles. The van der Waals surface area contributed by atoms with Gasteiger partial charge in [-0.15, -0.1) is 11.8 Å². The molecule has 0 aromatic rings. The molecular formula is C9H13NO2S. The Kier molecular flexibility index (Phi) is 6.07. The Morgan fingerprint density at radius 3 is 2.62 bits per heavy atom. The molecule has 0 aliphatic heterocycles. The number of carbonyl (C=O) groups is 1. The summed E-state index contributed by atoms with van der Waals surface area (Å²) in [5.74, 6) is -0.857. The number of nitrogens with zero attached hydrogens (tertiary/aromatic N) is 1. The summed E-state index contributed by atoms with van der Waals surface area (Å²) in [6.07, 6.45) is 3.03. The van der Waals surface area contributed by atoms with Crippen molar-refractivity contribution in [1.29, 1.82) is 5.26 Å². The van der Waals surface area contributed by atoms with Gasteiger partial charge in [0.15, 0.2) is 0 Å². The van der Waals surface area contributed by atoms with Gasteiger partial charge < -0.3 is 5.11 Å². The number of carboxylic acid groups (broad SMARTS) is 1. The molecule has 0 saturated heterocycles. The highest BCUT2D eigenvalue weighted by molar-refractivity contribution is 8.04. The molecule has 72 valence electrons. The molecule has 0 aromatic heterocycles. The Morgan fingerprint density at radius 2 is 2.31 bits per heavy atom. The van der Waals surface area contributed by atoms with Crippen molar-refractivity contribution in [2.75, 3.05) is 0 Å². The number of hydrogen-bond donors (Lipinski definition) is 1. The van der Waals surface area contributed by atoms with Gasteiger partial charge in [-0.2, -0.15) is 5.26 Å². The zero-order valence-corrected chi connectivity index (χ0v) is 8.60. The lowest BCUT2D eigenvalue weighted by Crippen LogP contribution is -2.14. The maximum atomic E-state index is 10.6. The number of nitriles is 1. The summed E-state index contributed by atoms with van der Waals surface area (Å²) in [5.41, 5.74) is 0. The maximum Gasteiger partial charge on any atom is 0.316 e. The van der Waals surface area contributed by atoms with E-state index in [1.54, 1.807) is 13.0 Å². The molecule has 0 rings (SSSR count). The van der Waals surface area contributed by atoms with E-state index < -0.39 is 11.2 Å². The van der Waals surface area contributed by atoms with Crippen molar-refractivity contribution in [3.63, 3.8) is 0 Å². The van der Waals surface area contributed by atoms with Gasteiger partial charge in [0, 0.05) is 0 Å². The highest BCUT2D eigenvalue weighted by atomic mass is 32.2. The van der Waals surface area contributed by atoms with Crippen molar-refractivity contribution >= 4 is 17.7 Å². The lowest BCUT2D eigenvalue weighted by atomic mass is 10.3. The predicted octanol–water partition coefficient (Wildman–Crippen LogP) is 2.40. The Morgan fingerprint density at radius 1 is 1.69 bits per heavy atom. The fourth-order valence-corrected chi connectivity index (χ4v) is 1.66. The van der Waals surface area contributed by atoms with Crippen molar-refractivity contribution in [2.24, 2.45) is 0 Å². The van der Waals surface area contributed by atoms with Gasteiger partial charge in [0.25, 0.3) is 0 Å². The standard InChI is InChI=1S/C9H13NO2S/c1-3-5-7(6-10)13-8(4-2)9(11)12/h5,8H,3-4H2,1-2H3,(H,11,12)/b7-5+. The molecule has 0 saturated carbocycles. The Bertz CT molecular complexity index is 242. The van der Waals surface area contributed by atoms with Crippen LogP contribution in [-0.4, -0.2) is 16.3 Å². The smallest absolute Gasteiger partial charge is 0.316 e. The normalized spacial score (nSPS) is 13.5. The summed E-state index contributed by atoms with van der Waals surface area (Å²) in [5, 5.41) is 16.9. The minimum atomic E-state index is -0.857. The summed E-state index contributed by atoms with van der Waals surface area (Å²) < 4.78 is 0. The number of rotatable bonds is 5. The van der Waals surface area contributed by atoms with Gasteiger partial charge in [0.1, 0.15) is 11.3 Å². The third-order valence-corrected chi connectivity index (χ3v) is 2.75. The number of carboxylic acids is 1. The molecule has 0 aliphatic carbocycles. The van der Waals surface area contributed by atoms with E-state index in [4.69, 9.17) is 10.4 Å². The molecule has 4 heteroatoms. The van der Waals surface area contributed by atoms with Gasteiger partial charge in [-0.1, -0.05) is 19.9 Å². The van der Waals surface area contributed by atoms with Crippen LogP contribution < -0.4 is 0 Å². The zero-order valence-electron chi connectivity index (χ0n) is 7.78. The van der Waals surface area contributed by atoms with Gasteiger partial charge in [-0.25, -0.2) is 0 Å². The Balaban J connectivity index is 4.30. The van der Waals surface area contributed by atoms with Crippen molar-refractivity contribution in [1.82, 2.24) is 0 Å². The highest BCUT2D eigenvalue weighted by Crippen LogP contribution is 2.23. The molecule has 3 nitrogen and oxygen atoms in total. The van der Waals surface area contributed by atoms with Crippen molar-refractivity contribution < 1.29 is 9.90 Å². The van der Waals surface area contributed by atoms with Gasteiger partial charge in [-0.05, 0) is 12.8 Å². The molecule has 0 fully saturated rings. The van der Waals surface area contributed by atoms with Crippen LogP contribution in [-0.2, 0) is 4.79 Å². The fraction of sp³-hybridized carbons (Fsp3) is 0.556. The monoisotopic (exact) mass is 199 g/mol. The molecular weight excluding hydrogens is 186 g/mol. The van der Waals surface area contributed by atoms with Crippen molar-refractivity contribution in [2.45, 2.75) is 31.9 Å². The lowest BCUT2D eigenvalue weighted by Gasteiger charge is -2.07. The van der Waals surface area contributed by atoms with Gasteiger partial charge >= 0.3 is 5.97 Å². The molecule has 1 N–H and O–H groups in total. The molecule has 0 aliphatic rings. The van der Waals surface area contributed by atoms with Gasteiger partial charge in [0.2, 0.25) is 0 Å². The minimum Gasteiger partial charge on any atom is -0.480 e. The minimum absolute atomic E-state index is 0.497. The SMILES string of the molecule is CC/C=C(\C#N)SC(CC)C(=O)O. The number of allylic oxidation sites excluding steroid dienone is 2. The Hall–Kier alpha value is -0.950. The summed E-state index contributed by atoms with van der Waals surface area (Å²) in [6.45, 7) is 3.71. The van der Waals surface area contributed by atoms with Crippen LogP contribution in [0.3, 0.4) is 0 Å². The molecule has 0 heterocycles. The maximum absolute atomic E-state index is 10.6. The third kappa shape index (κ3) is 4.58. The average Bonchev–Trinajstić information content (AvgIpc) is 2.11. The van der Waals surface area contributed by atoms with Gasteiger partial charge in [0.05, 0.1) is 4.91 Å². The second kappa shape index (κ2) is 6.55. The lowest BCUT2D eigenvalue weighted by molar-refractivity contribution is -0.136. The molecule has 13 heavy (non-hydrogen) atoms. The van der Waals surface area contributed by atoms with Crippen LogP contribution in [0.25, 0.3) is 0 Å². The third-order valence-electron chi connectivity index (χ3n) is 1.42. The number of thioether (sulfide) groups is 1. The molecule has 0 bridgehead atoms. The first-order valence-corrected chi connectivity index (χ1v) is 5.03. The first-order chi connectivity index (χ1) is 6.15. The first-order valence-electron chi connectivity index (χ1n) is 4.15. The highest BCUT2D eigenvalue weighted by Gasteiger charge is 2.17. The van der Waals surface area contributed by atoms with Crippen molar-refractivity contribution in [3.05, 3.63) is 11.0 Å².